The first kappa shape index (κ1) is 15.8. The number of benzene rings is 1. The van der Waals surface area contributed by atoms with Crippen molar-refractivity contribution >= 4 is 10.9 Å². The van der Waals surface area contributed by atoms with Gasteiger partial charge < -0.3 is 20.5 Å². The molecule has 0 aliphatic rings. The van der Waals surface area contributed by atoms with E-state index >= 15 is 0 Å². The number of aliphatic hydroxyl groups is 1. The molecular formula is C17H16N4O3. The Morgan fingerprint density at radius 2 is 2.21 bits per heavy atom. The molecule has 2 aromatic heterocycles. The van der Waals surface area contributed by atoms with Gasteiger partial charge in [-0.05, 0) is 17.7 Å². The maximum Gasteiger partial charge on any atom is 0.248 e. The number of nitrogens with zero attached hydrogens (tertiary/aromatic N) is 2. The highest BCUT2D eigenvalue weighted by atomic mass is 16.3. The van der Waals surface area contributed by atoms with Crippen LogP contribution in [0.25, 0.3) is 10.9 Å². The third kappa shape index (κ3) is 3.15. The van der Waals surface area contributed by atoms with E-state index < -0.39 is 6.10 Å². The van der Waals surface area contributed by atoms with E-state index in [1.807, 2.05) is 0 Å². The first-order valence-electron chi connectivity index (χ1n) is 7.32. The van der Waals surface area contributed by atoms with Gasteiger partial charge in [0.05, 0.1) is 17.8 Å². The van der Waals surface area contributed by atoms with E-state index in [4.69, 9.17) is 6.42 Å². The third-order valence-corrected chi connectivity index (χ3v) is 3.70. The molecule has 24 heavy (non-hydrogen) atoms. The van der Waals surface area contributed by atoms with Crippen LogP contribution in [-0.2, 0) is 6.54 Å². The van der Waals surface area contributed by atoms with Crippen LogP contribution in [-0.4, -0.2) is 31.5 Å². The van der Waals surface area contributed by atoms with Crippen LogP contribution in [0.5, 0.6) is 5.75 Å². The maximum absolute atomic E-state index is 11.4. The summed E-state index contributed by atoms with van der Waals surface area (Å²) in [6.45, 7) is 0.797. The number of rotatable bonds is 5. The maximum atomic E-state index is 11.4. The molecule has 0 radical (unpaired) electrons. The molecule has 7 nitrogen and oxygen atoms in total. The third-order valence-electron chi connectivity index (χ3n) is 3.70. The van der Waals surface area contributed by atoms with Crippen molar-refractivity contribution in [3.8, 4) is 18.2 Å². The van der Waals surface area contributed by atoms with Gasteiger partial charge in [-0.3, -0.25) is 4.79 Å². The summed E-state index contributed by atoms with van der Waals surface area (Å²) in [6.07, 6.45) is 7.81. The summed E-state index contributed by atoms with van der Waals surface area (Å²) in [7, 11) is 0. The Labute approximate surface area is 137 Å². The Hall–Kier alpha value is -3.08. The molecular weight excluding hydrogens is 308 g/mol. The second kappa shape index (κ2) is 6.58. The lowest BCUT2D eigenvalue weighted by atomic mass is 10.0. The van der Waals surface area contributed by atoms with Crippen LogP contribution in [0, 0.1) is 12.5 Å². The van der Waals surface area contributed by atoms with Crippen LogP contribution in [0.4, 0.5) is 0 Å². The number of aromatic amines is 1. The number of terminal acetylenes is 1. The van der Waals surface area contributed by atoms with Gasteiger partial charge in [0.15, 0.2) is 0 Å². The first-order chi connectivity index (χ1) is 11.6. The van der Waals surface area contributed by atoms with Crippen LogP contribution in [0.2, 0.25) is 0 Å². The summed E-state index contributed by atoms with van der Waals surface area (Å²) in [6, 6.07) is 8.42. The van der Waals surface area contributed by atoms with Crippen LogP contribution >= 0.6 is 0 Å². The van der Waals surface area contributed by atoms with E-state index in [0.717, 1.165) is 5.56 Å². The zero-order valence-corrected chi connectivity index (χ0v) is 12.7. The molecule has 1 atom stereocenters. The van der Waals surface area contributed by atoms with Crippen molar-refractivity contribution in [3.05, 3.63) is 58.1 Å². The van der Waals surface area contributed by atoms with Crippen LogP contribution in [0.1, 0.15) is 17.2 Å². The molecule has 7 heteroatoms. The minimum atomic E-state index is -0.804. The van der Waals surface area contributed by atoms with Crippen LogP contribution in [0.15, 0.2) is 41.5 Å². The smallest absolute Gasteiger partial charge is 0.248 e. The topological polar surface area (TPSA) is 103 Å². The number of hydrogen-bond acceptors (Lipinski definition) is 5. The summed E-state index contributed by atoms with van der Waals surface area (Å²) in [5.41, 5.74) is 1.52. The molecule has 0 aliphatic carbocycles. The van der Waals surface area contributed by atoms with Gasteiger partial charge in [-0.2, -0.15) is 9.78 Å². The molecule has 2 heterocycles. The molecule has 1 unspecified atom stereocenters. The van der Waals surface area contributed by atoms with E-state index in [1.54, 1.807) is 24.5 Å². The van der Waals surface area contributed by atoms with Gasteiger partial charge in [0, 0.05) is 42.3 Å². The Morgan fingerprint density at radius 1 is 1.38 bits per heavy atom. The second-order valence-corrected chi connectivity index (χ2v) is 5.35. The highest BCUT2D eigenvalue weighted by molar-refractivity contribution is 5.87. The molecule has 0 amide bonds. The summed E-state index contributed by atoms with van der Waals surface area (Å²) in [4.78, 5) is 14.0. The standard InChI is InChI=1S/C17H16N4O3/c1-2-21-10-11(8-19-21)7-18-9-15(23)12-3-5-14(22)17-13(12)4-6-16(24)20-17/h1,3-6,8,10,15,18,22-23H,7,9H2,(H,20,24). The number of aromatic hydroxyl groups is 1. The fourth-order valence-corrected chi connectivity index (χ4v) is 2.53. The minimum Gasteiger partial charge on any atom is -0.506 e. The number of hydrogen-bond donors (Lipinski definition) is 4. The number of fused-ring (bicyclic) bond motifs is 1. The van der Waals surface area contributed by atoms with Crippen molar-refractivity contribution in [1.82, 2.24) is 20.1 Å². The molecule has 4 N–H and O–H groups in total. The molecule has 122 valence electrons. The van der Waals surface area contributed by atoms with Crippen molar-refractivity contribution in [1.29, 1.82) is 0 Å². The lowest BCUT2D eigenvalue weighted by Crippen LogP contribution is -2.21. The van der Waals surface area contributed by atoms with E-state index in [-0.39, 0.29) is 11.3 Å². The number of aliphatic hydroxyl groups excluding tert-OH is 1. The molecule has 0 saturated carbocycles. The summed E-state index contributed by atoms with van der Waals surface area (Å²) in [5, 5.41) is 28.0. The number of aromatic nitrogens is 3. The predicted octanol–water partition coefficient (Wildman–Crippen LogP) is 0.692. The van der Waals surface area contributed by atoms with Crippen LogP contribution in [0.3, 0.4) is 0 Å². The highest BCUT2D eigenvalue weighted by Gasteiger charge is 2.13. The lowest BCUT2D eigenvalue weighted by molar-refractivity contribution is 0.176. The molecule has 3 rings (SSSR count). The Bertz CT molecular complexity index is 968. The number of phenols is 1. The fraction of sp³-hybridized carbons (Fsp3) is 0.176. The summed E-state index contributed by atoms with van der Waals surface area (Å²) >= 11 is 0. The fourth-order valence-electron chi connectivity index (χ4n) is 2.53. The van der Waals surface area contributed by atoms with Gasteiger partial charge in [-0.25, -0.2) is 0 Å². The molecule has 3 aromatic rings. The number of phenolic OH excluding ortho intramolecular Hbond substituents is 1. The zero-order chi connectivity index (χ0) is 17.1. The highest BCUT2D eigenvalue weighted by Crippen LogP contribution is 2.28. The Balaban J connectivity index is 1.74. The van der Waals surface area contributed by atoms with E-state index in [2.05, 4.69) is 21.4 Å². The molecule has 0 bridgehead atoms. The normalized spacial score (nSPS) is 12.2. The summed E-state index contributed by atoms with van der Waals surface area (Å²) < 4.78 is 1.37. The van der Waals surface area contributed by atoms with Crippen molar-refractivity contribution in [2.45, 2.75) is 12.6 Å². The van der Waals surface area contributed by atoms with Crippen LogP contribution < -0.4 is 10.9 Å². The van der Waals surface area contributed by atoms with Gasteiger partial charge in [0.1, 0.15) is 5.75 Å². The van der Waals surface area contributed by atoms with Crippen molar-refractivity contribution < 1.29 is 10.2 Å². The van der Waals surface area contributed by atoms with Gasteiger partial charge >= 0.3 is 0 Å². The SMILES string of the molecule is C#Cn1cc(CNCC(O)c2ccc(O)c3[nH]c(=O)ccc23)cn1. The second-order valence-electron chi connectivity index (χ2n) is 5.35. The molecule has 0 aliphatic heterocycles. The average molecular weight is 324 g/mol. The van der Waals surface area contributed by atoms with Gasteiger partial charge in [-0.1, -0.05) is 12.5 Å². The average Bonchev–Trinajstić information content (AvgIpc) is 3.03. The first-order valence-corrected chi connectivity index (χ1v) is 7.32. The number of nitrogens with one attached hydrogen (secondary N) is 2. The Kier molecular flexibility index (Phi) is 4.33. The minimum absolute atomic E-state index is 0.0340. The van der Waals surface area contributed by atoms with Gasteiger partial charge in [0.25, 0.3) is 0 Å². The molecule has 0 saturated heterocycles. The Morgan fingerprint density at radius 3 is 2.96 bits per heavy atom. The largest absolute Gasteiger partial charge is 0.506 e. The predicted molar refractivity (Wildman–Crippen MR) is 89.4 cm³/mol. The summed E-state index contributed by atoms with van der Waals surface area (Å²) in [5.74, 6) is -0.0340. The van der Waals surface area contributed by atoms with E-state index in [0.29, 0.717) is 29.6 Å². The lowest BCUT2D eigenvalue weighted by Gasteiger charge is -2.15. The zero-order valence-electron chi connectivity index (χ0n) is 12.7. The number of H-pyrrole nitrogens is 1. The van der Waals surface area contributed by atoms with E-state index in [1.165, 1.54) is 16.8 Å². The van der Waals surface area contributed by atoms with E-state index in [9.17, 15) is 15.0 Å². The number of pyridine rings is 1. The molecule has 1 aromatic carbocycles. The molecule has 0 fully saturated rings. The van der Waals surface area contributed by atoms with Crippen molar-refractivity contribution in [2.75, 3.05) is 6.54 Å². The van der Waals surface area contributed by atoms with Gasteiger partial charge in [0.2, 0.25) is 5.56 Å². The van der Waals surface area contributed by atoms with Crippen molar-refractivity contribution in [3.63, 3.8) is 0 Å². The van der Waals surface area contributed by atoms with Crippen molar-refractivity contribution in [2.24, 2.45) is 0 Å². The molecule has 0 spiro atoms. The monoisotopic (exact) mass is 324 g/mol. The quantitative estimate of drug-likeness (QED) is 0.517. The van der Waals surface area contributed by atoms with Gasteiger partial charge in [-0.15, -0.1) is 0 Å².